The fraction of sp³-hybridized carbons (Fsp3) is 0.0417. The van der Waals surface area contributed by atoms with Gasteiger partial charge in [-0.25, -0.2) is 9.69 Å². The molecule has 0 atom stereocenters. The van der Waals surface area contributed by atoms with Crippen LogP contribution in [-0.4, -0.2) is 34.6 Å². The summed E-state index contributed by atoms with van der Waals surface area (Å²) >= 11 is 0. The van der Waals surface area contributed by atoms with Crippen LogP contribution in [0.3, 0.4) is 0 Å². The van der Waals surface area contributed by atoms with Crippen molar-refractivity contribution in [2.45, 2.75) is 6.92 Å². The molecular weight excluding hydrogens is 412 g/mol. The van der Waals surface area contributed by atoms with Gasteiger partial charge < -0.3 is 10.4 Å². The van der Waals surface area contributed by atoms with Gasteiger partial charge in [-0.1, -0.05) is 0 Å². The van der Waals surface area contributed by atoms with Gasteiger partial charge in [0.15, 0.2) is 5.78 Å². The highest BCUT2D eigenvalue weighted by atomic mass is 16.4. The second-order valence-electron chi connectivity index (χ2n) is 7.15. The van der Waals surface area contributed by atoms with Crippen molar-refractivity contribution in [3.8, 4) is 0 Å². The average molecular weight is 428 g/mol. The van der Waals surface area contributed by atoms with E-state index in [1.165, 1.54) is 49.4 Å². The molecule has 3 amide bonds. The maximum Gasteiger partial charge on any atom is 0.335 e. The summed E-state index contributed by atoms with van der Waals surface area (Å²) in [5.74, 6) is -2.87. The quantitative estimate of drug-likeness (QED) is 0.473. The van der Waals surface area contributed by atoms with Gasteiger partial charge >= 0.3 is 5.97 Å². The van der Waals surface area contributed by atoms with E-state index in [-0.39, 0.29) is 28.2 Å². The third kappa shape index (κ3) is 3.65. The summed E-state index contributed by atoms with van der Waals surface area (Å²) in [6, 6.07) is 16.1. The van der Waals surface area contributed by atoms with Gasteiger partial charge in [0, 0.05) is 16.8 Å². The number of hydrogen-bond donors (Lipinski definition) is 2. The maximum absolute atomic E-state index is 12.7. The minimum atomic E-state index is -1.20. The number of benzene rings is 3. The second kappa shape index (κ2) is 7.92. The van der Waals surface area contributed by atoms with Gasteiger partial charge in [0.1, 0.15) is 0 Å². The summed E-state index contributed by atoms with van der Waals surface area (Å²) in [5, 5.41) is 11.8. The molecule has 0 aromatic heterocycles. The molecule has 0 saturated heterocycles. The Bertz CT molecular complexity index is 1290. The monoisotopic (exact) mass is 428 g/mol. The zero-order chi connectivity index (χ0) is 23.0. The highest BCUT2D eigenvalue weighted by molar-refractivity contribution is 6.34. The summed E-state index contributed by atoms with van der Waals surface area (Å²) in [6.07, 6.45) is 0. The zero-order valence-electron chi connectivity index (χ0n) is 16.8. The summed E-state index contributed by atoms with van der Waals surface area (Å²) in [4.78, 5) is 61.3. The fourth-order valence-electron chi connectivity index (χ4n) is 3.36. The first-order valence-corrected chi connectivity index (χ1v) is 9.55. The van der Waals surface area contributed by atoms with E-state index in [9.17, 15) is 24.0 Å². The molecule has 0 unspecified atom stereocenters. The van der Waals surface area contributed by atoms with Crippen LogP contribution in [0.5, 0.6) is 0 Å². The topological polar surface area (TPSA) is 121 Å². The van der Waals surface area contributed by atoms with Crippen LogP contribution in [0, 0.1) is 0 Å². The van der Waals surface area contributed by atoms with Crippen molar-refractivity contribution < 1.29 is 29.1 Å². The minimum Gasteiger partial charge on any atom is -0.478 e. The molecule has 1 aliphatic rings. The number of anilines is 2. The van der Waals surface area contributed by atoms with Gasteiger partial charge in [-0.3, -0.25) is 19.2 Å². The maximum atomic E-state index is 12.7. The van der Waals surface area contributed by atoms with Crippen LogP contribution in [-0.2, 0) is 0 Å². The molecule has 158 valence electrons. The normalized spacial score (nSPS) is 12.5. The van der Waals surface area contributed by atoms with Crippen LogP contribution in [0.15, 0.2) is 66.7 Å². The van der Waals surface area contributed by atoms with Crippen molar-refractivity contribution in [3.63, 3.8) is 0 Å². The van der Waals surface area contributed by atoms with Gasteiger partial charge in [0.2, 0.25) is 0 Å². The highest BCUT2D eigenvalue weighted by Gasteiger charge is 2.37. The van der Waals surface area contributed by atoms with Gasteiger partial charge in [0.05, 0.1) is 22.4 Å². The smallest absolute Gasteiger partial charge is 0.335 e. The number of rotatable bonds is 5. The number of imide groups is 1. The van der Waals surface area contributed by atoms with Crippen molar-refractivity contribution in [2.24, 2.45) is 0 Å². The number of nitrogens with one attached hydrogen (secondary N) is 1. The van der Waals surface area contributed by atoms with Crippen molar-refractivity contribution in [1.29, 1.82) is 0 Å². The number of carboxylic acid groups (broad SMARTS) is 1. The van der Waals surface area contributed by atoms with E-state index < -0.39 is 23.7 Å². The number of hydrogen-bond acceptors (Lipinski definition) is 5. The van der Waals surface area contributed by atoms with E-state index in [2.05, 4.69) is 5.32 Å². The Hall–Kier alpha value is -4.59. The molecule has 8 nitrogen and oxygen atoms in total. The number of Topliss-reactive ketones (excluding diaryl/α,β-unsaturated/α-hetero) is 1. The Balaban J connectivity index is 1.52. The van der Waals surface area contributed by atoms with Crippen molar-refractivity contribution in [1.82, 2.24) is 0 Å². The molecule has 32 heavy (non-hydrogen) atoms. The Morgan fingerprint density at radius 2 is 1.31 bits per heavy atom. The molecule has 4 rings (SSSR count). The lowest BCUT2D eigenvalue weighted by molar-refractivity contribution is 0.0696. The number of carbonyl (C=O) groups is 5. The van der Waals surface area contributed by atoms with Crippen molar-refractivity contribution in [3.05, 3.63) is 94.5 Å². The zero-order valence-corrected chi connectivity index (χ0v) is 16.8. The van der Waals surface area contributed by atoms with E-state index in [1.54, 1.807) is 24.3 Å². The van der Waals surface area contributed by atoms with Crippen molar-refractivity contribution >= 4 is 40.8 Å². The van der Waals surface area contributed by atoms with Gasteiger partial charge in [-0.05, 0) is 73.7 Å². The van der Waals surface area contributed by atoms with Crippen LogP contribution >= 0.6 is 0 Å². The van der Waals surface area contributed by atoms with E-state index in [0.717, 1.165) is 4.90 Å². The molecule has 2 N–H and O–H groups in total. The Morgan fingerprint density at radius 3 is 1.91 bits per heavy atom. The Labute approximate surface area is 182 Å². The Morgan fingerprint density at radius 1 is 0.750 bits per heavy atom. The van der Waals surface area contributed by atoms with Gasteiger partial charge in [0.25, 0.3) is 17.7 Å². The number of nitrogens with zero attached hydrogens (tertiary/aromatic N) is 1. The highest BCUT2D eigenvalue weighted by Crippen LogP contribution is 2.29. The number of ketones is 1. The van der Waals surface area contributed by atoms with Crippen LogP contribution in [0.4, 0.5) is 11.4 Å². The van der Waals surface area contributed by atoms with Gasteiger partial charge in [-0.15, -0.1) is 0 Å². The predicted octanol–water partition coefficient (Wildman–Crippen LogP) is 3.64. The first-order valence-electron chi connectivity index (χ1n) is 9.55. The molecule has 0 fully saturated rings. The lowest BCUT2D eigenvalue weighted by atomic mass is 10.1. The number of carbonyl (C=O) groups excluding carboxylic acids is 4. The first kappa shape index (κ1) is 20.7. The number of fused-ring (bicyclic) bond motifs is 1. The lowest BCUT2D eigenvalue weighted by Crippen LogP contribution is -2.29. The van der Waals surface area contributed by atoms with Crippen LogP contribution in [0.25, 0.3) is 0 Å². The molecule has 0 bridgehead atoms. The molecule has 8 heteroatoms. The van der Waals surface area contributed by atoms with Crippen LogP contribution in [0.1, 0.15) is 58.7 Å². The third-order valence-corrected chi connectivity index (χ3v) is 5.07. The lowest BCUT2D eigenvalue weighted by Gasteiger charge is -2.14. The summed E-state index contributed by atoms with van der Waals surface area (Å²) in [5.41, 5.74) is 1.66. The first-order chi connectivity index (χ1) is 15.3. The summed E-state index contributed by atoms with van der Waals surface area (Å²) in [6.45, 7) is 1.45. The summed E-state index contributed by atoms with van der Waals surface area (Å²) in [7, 11) is 0. The Kier molecular flexibility index (Phi) is 5.11. The fourth-order valence-corrected chi connectivity index (χ4v) is 3.36. The summed E-state index contributed by atoms with van der Waals surface area (Å²) < 4.78 is 0. The standard InChI is InChI=1S/C24H16N2O6/c1-13(27)14-2-7-17(8-3-14)25-21(28)15-4-9-18(10-5-15)26-22(29)19-11-6-16(24(31)32)12-20(19)23(26)30/h2-12H,1H3,(H,25,28)(H,31,32). The van der Waals surface area contributed by atoms with Gasteiger partial charge in [-0.2, -0.15) is 0 Å². The SMILES string of the molecule is CC(=O)c1ccc(NC(=O)c2ccc(N3C(=O)c4ccc(C(=O)O)cc4C3=O)cc2)cc1. The largest absolute Gasteiger partial charge is 0.478 e. The van der Waals surface area contributed by atoms with Crippen LogP contribution in [0.2, 0.25) is 0 Å². The van der Waals surface area contributed by atoms with Crippen LogP contribution < -0.4 is 10.2 Å². The van der Waals surface area contributed by atoms with E-state index in [1.807, 2.05) is 0 Å². The molecule has 0 spiro atoms. The second-order valence-corrected chi connectivity index (χ2v) is 7.15. The number of aromatic carboxylic acids is 1. The van der Waals surface area contributed by atoms with Crippen molar-refractivity contribution in [2.75, 3.05) is 10.2 Å². The average Bonchev–Trinajstić information content (AvgIpc) is 3.03. The molecule has 0 radical (unpaired) electrons. The molecule has 0 aliphatic carbocycles. The molecule has 1 heterocycles. The molecule has 0 saturated carbocycles. The van der Waals surface area contributed by atoms with E-state index >= 15 is 0 Å². The number of amides is 3. The predicted molar refractivity (Wildman–Crippen MR) is 115 cm³/mol. The number of carboxylic acids is 1. The van der Waals surface area contributed by atoms with E-state index in [0.29, 0.717) is 16.8 Å². The molecule has 1 aliphatic heterocycles. The molecule has 3 aromatic carbocycles. The molecule has 3 aromatic rings. The molecular formula is C24H16N2O6. The van der Waals surface area contributed by atoms with E-state index in [4.69, 9.17) is 5.11 Å². The minimum absolute atomic E-state index is 0.0192. The third-order valence-electron chi connectivity index (χ3n) is 5.07.